The first kappa shape index (κ1) is 14.4. The maximum atomic E-state index is 9.92. The molecule has 0 radical (unpaired) electrons. The van der Waals surface area contributed by atoms with Crippen molar-refractivity contribution in [2.75, 3.05) is 11.9 Å². The summed E-state index contributed by atoms with van der Waals surface area (Å²) in [6.07, 6.45) is 5.50. The highest BCUT2D eigenvalue weighted by molar-refractivity contribution is 5.96. The quantitative estimate of drug-likeness (QED) is 0.914. The summed E-state index contributed by atoms with van der Waals surface area (Å²) in [5.41, 5.74) is 5.02. The number of aryl methyl sites for hydroxylation is 1. The van der Waals surface area contributed by atoms with E-state index >= 15 is 0 Å². The molecule has 0 unspecified atom stereocenters. The standard InChI is InChI=1S/C19H21N3O/c1-12-7-17(22-15-9-19(2,23)10-15)16-4-3-13(8-18(16)21-12)14-5-6-20-11-14/h3-8,15,23H,9-11H2,1-2H3,(H,21,22). The van der Waals surface area contributed by atoms with Gasteiger partial charge in [0, 0.05) is 29.0 Å². The van der Waals surface area contributed by atoms with E-state index in [4.69, 9.17) is 4.98 Å². The van der Waals surface area contributed by atoms with E-state index in [1.807, 2.05) is 20.1 Å². The molecule has 1 aliphatic heterocycles. The Morgan fingerprint density at radius 2 is 2.09 bits per heavy atom. The highest BCUT2D eigenvalue weighted by Crippen LogP contribution is 2.35. The number of anilines is 1. The summed E-state index contributed by atoms with van der Waals surface area (Å²) in [6.45, 7) is 4.66. The largest absolute Gasteiger partial charge is 0.390 e. The molecule has 23 heavy (non-hydrogen) atoms. The third-order valence-electron chi connectivity index (χ3n) is 4.68. The van der Waals surface area contributed by atoms with E-state index in [-0.39, 0.29) is 0 Å². The average molecular weight is 307 g/mol. The lowest BCUT2D eigenvalue weighted by molar-refractivity contribution is -0.0234. The maximum Gasteiger partial charge on any atom is 0.0732 e. The van der Waals surface area contributed by atoms with Gasteiger partial charge in [-0.3, -0.25) is 9.98 Å². The van der Waals surface area contributed by atoms with Crippen molar-refractivity contribution < 1.29 is 5.11 Å². The van der Waals surface area contributed by atoms with E-state index in [0.717, 1.165) is 41.7 Å². The number of fused-ring (bicyclic) bond motifs is 1. The predicted molar refractivity (Wildman–Crippen MR) is 95.1 cm³/mol. The van der Waals surface area contributed by atoms with Crippen LogP contribution < -0.4 is 5.32 Å². The summed E-state index contributed by atoms with van der Waals surface area (Å²) in [7, 11) is 0. The van der Waals surface area contributed by atoms with Crippen molar-refractivity contribution in [3.8, 4) is 0 Å². The zero-order valence-corrected chi connectivity index (χ0v) is 13.5. The second-order valence-electron chi connectivity index (χ2n) is 6.97. The average Bonchev–Trinajstić information content (AvgIpc) is 2.98. The van der Waals surface area contributed by atoms with Gasteiger partial charge in [0.1, 0.15) is 0 Å². The molecular formula is C19H21N3O. The summed E-state index contributed by atoms with van der Waals surface area (Å²) >= 11 is 0. The molecule has 0 spiro atoms. The van der Waals surface area contributed by atoms with Gasteiger partial charge in [-0.05, 0) is 56.0 Å². The Balaban J connectivity index is 1.68. The molecule has 2 heterocycles. The van der Waals surface area contributed by atoms with E-state index in [9.17, 15) is 5.11 Å². The van der Waals surface area contributed by atoms with Crippen LogP contribution in [0.25, 0.3) is 16.5 Å². The van der Waals surface area contributed by atoms with Gasteiger partial charge in [0.2, 0.25) is 0 Å². The number of allylic oxidation sites excluding steroid dienone is 1. The molecule has 2 aromatic rings. The van der Waals surface area contributed by atoms with Crippen LogP contribution in [0.5, 0.6) is 0 Å². The van der Waals surface area contributed by atoms with E-state index in [1.165, 1.54) is 11.1 Å². The molecule has 1 saturated carbocycles. The van der Waals surface area contributed by atoms with Gasteiger partial charge >= 0.3 is 0 Å². The minimum absolute atomic E-state index is 0.334. The van der Waals surface area contributed by atoms with Gasteiger partial charge in [-0.1, -0.05) is 12.1 Å². The Hall–Kier alpha value is -2.20. The molecule has 4 heteroatoms. The minimum Gasteiger partial charge on any atom is -0.390 e. The van der Waals surface area contributed by atoms with Crippen molar-refractivity contribution in [3.05, 3.63) is 41.6 Å². The predicted octanol–water partition coefficient (Wildman–Crippen LogP) is 3.34. The van der Waals surface area contributed by atoms with Crippen LogP contribution in [0.2, 0.25) is 0 Å². The molecule has 0 bridgehead atoms. The summed E-state index contributed by atoms with van der Waals surface area (Å²) in [5, 5.41) is 14.6. The van der Waals surface area contributed by atoms with Crippen LogP contribution >= 0.6 is 0 Å². The highest BCUT2D eigenvalue weighted by atomic mass is 16.3. The van der Waals surface area contributed by atoms with Crippen molar-refractivity contribution in [1.29, 1.82) is 0 Å². The molecule has 118 valence electrons. The molecule has 1 fully saturated rings. The zero-order valence-electron chi connectivity index (χ0n) is 13.5. The maximum absolute atomic E-state index is 9.92. The van der Waals surface area contributed by atoms with E-state index in [2.05, 4.69) is 40.7 Å². The van der Waals surface area contributed by atoms with Gasteiger partial charge in [-0.25, -0.2) is 0 Å². The van der Waals surface area contributed by atoms with Crippen LogP contribution in [-0.2, 0) is 0 Å². The molecular weight excluding hydrogens is 286 g/mol. The summed E-state index contributed by atoms with van der Waals surface area (Å²) in [6, 6.07) is 8.84. The molecule has 2 N–H and O–H groups in total. The summed E-state index contributed by atoms with van der Waals surface area (Å²) in [5.74, 6) is 0. The van der Waals surface area contributed by atoms with Crippen LogP contribution in [0.4, 0.5) is 5.69 Å². The first-order valence-electron chi connectivity index (χ1n) is 8.10. The molecule has 1 aliphatic carbocycles. The number of nitrogens with zero attached hydrogens (tertiary/aromatic N) is 2. The molecule has 2 aliphatic rings. The van der Waals surface area contributed by atoms with Crippen LogP contribution in [0.3, 0.4) is 0 Å². The number of pyridine rings is 1. The first-order valence-corrected chi connectivity index (χ1v) is 8.10. The molecule has 0 atom stereocenters. The Bertz CT molecular complexity index is 828. The Kier molecular flexibility index (Phi) is 3.23. The lowest BCUT2D eigenvalue weighted by atomic mass is 9.77. The second kappa shape index (κ2) is 5.17. The topological polar surface area (TPSA) is 57.5 Å². The van der Waals surface area contributed by atoms with Crippen LogP contribution in [0.15, 0.2) is 35.3 Å². The second-order valence-corrected chi connectivity index (χ2v) is 6.97. The number of hydrogen-bond donors (Lipinski definition) is 2. The molecule has 1 aromatic carbocycles. The Labute approximate surface area is 136 Å². The fourth-order valence-corrected chi connectivity index (χ4v) is 3.54. The smallest absolute Gasteiger partial charge is 0.0732 e. The summed E-state index contributed by atoms with van der Waals surface area (Å²) in [4.78, 5) is 8.94. The van der Waals surface area contributed by atoms with Crippen LogP contribution in [0.1, 0.15) is 31.0 Å². The Morgan fingerprint density at radius 1 is 1.26 bits per heavy atom. The molecule has 4 nitrogen and oxygen atoms in total. The first-order chi connectivity index (χ1) is 11.0. The number of rotatable bonds is 3. The Morgan fingerprint density at radius 3 is 2.78 bits per heavy atom. The number of aliphatic hydroxyl groups is 1. The lowest BCUT2D eigenvalue weighted by Gasteiger charge is -2.41. The number of benzene rings is 1. The van der Waals surface area contributed by atoms with Crippen molar-refractivity contribution >= 4 is 28.4 Å². The van der Waals surface area contributed by atoms with Gasteiger partial charge in [-0.2, -0.15) is 0 Å². The number of aromatic nitrogens is 1. The lowest BCUT2D eigenvalue weighted by Crippen LogP contribution is -2.48. The van der Waals surface area contributed by atoms with E-state index in [1.54, 1.807) is 0 Å². The monoisotopic (exact) mass is 307 g/mol. The number of aliphatic imine (C=N–C) groups is 1. The molecule has 4 rings (SSSR count). The molecule has 0 amide bonds. The molecule has 0 saturated heterocycles. The highest BCUT2D eigenvalue weighted by Gasteiger charge is 2.38. The third kappa shape index (κ3) is 2.75. The van der Waals surface area contributed by atoms with Gasteiger partial charge < -0.3 is 10.4 Å². The summed E-state index contributed by atoms with van der Waals surface area (Å²) < 4.78 is 0. The van der Waals surface area contributed by atoms with Gasteiger partial charge in [0.05, 0.1) is 17.7 Å². The van der Waals surface area contributed by atoms with Crippen molar-refractivity contribution in [1.82, 2.24) is 4.98 Å². The van der Waals surface area contributed by atoms with Crippen LogP contribution in [-0.4, -0.2) is 34.5 Å². The SMILES string of the molecule is Cc1cc(NC2CC(C)(O)C2)c2ccc(C3=CC=NC3)cc2n1. The van der Waals surface area contributed by atoms with Crippen molar-refractivity contribution in [2.45, 2.75) is 38.3 Å². The fraction of sp³-hybridized carbons (Fsp3) is 0.368. The van der Waals surface area contributed by atoms with Gasteiger partial charge in [-0.15, -0.1) is 0 Å². The van der Waals surface area contributed by atoms with Gasteiger partial charge in [0.25, 0.3) is 0 Å². The minimum atomic E-state index is -0.516. The zero-order chi connectivity index (χ0) is 16.0. The molecule has 1 aromatic heterocycles. The van der Waals surface area contributed by atoms with E-state index < -0.39 is 5.60 Å². The van der Waals surface area contributed by atoms with Gasteiger partial charge in [0.15, 0.2) is 0 Å². The normalized spacial score (nSPS) is 26.2. The van der Waals surface area contributed by atoms with Crippen molar-refractivity contribution in [2.24, 2.45) is 4.99 Å². The van der Waals surface area contributed by atoms with Crippen molar-refractivity contribution in [3.63, 3.8) is 0 Å². The van der Waals surface area contributed by atoms with E-state index in [0.29, 0.717) is 6.04 Å². The number of hydrogen-bond acceptors (Lipinski definition) is 4. The third-order valence-corrected chi connectivity index (χ3v) is 4.68. The number of nitrogens with one attached hydrogen (secondary N) is 1. The fourth-order valence-electron chi connectivity index (χ4n) is 3.54. The van der Waals surface area contributed by atoms with Crippen LogP contribution in [0, 0.1) is 6.92 Å².